The van der Waals surface area contributed by atoms with Crippen molar-refractivity contribution in [1.29, 1.82) is 0 Å². The van der Waals surface area contributed by atoms with Gasteiger partial charge < -0.3 is 10.2 Å². The quantitative estimate of drug-likeness (QED) is 0.207. The van der Waals surface area contributed by atoms with E-state index in [0.717, 1.165) is 50.4 Å². The van der Waals surface area contributed by atoms with Crippen LogP contribution in [0.15, 0.2) is 66.7 Å². The van der Waals surface area contributed by atoms with Crippen molar-refractivity contribution in [3.8, 4) is 0 Å². The van der Waals surface area contributed by atoms with Crippen LogP contribution in [0.3, 0.4) is 0 Å². The molecule has 2 fully saturated rings. The summed E-state index contributed by atoms with van der Waals surface area (Å²) in [4.78, 5) is 17.5. The summed E-state index contributed by atoms with van der Waals surface area (Å²) in [6, 6.07) is 21.5. The van der Waals surface area contributed by atoms with E-state index in [2.05, 4.69) is 40.5 Å². The second-order valence-electron chi connectivity index (χ2n) is 12.5. The number of aryl methyl sites for hydroxylation is 1. The number of halogens is 3. The van der Waals surface area contributed by atoms with Gasteiger partial charge in [-0.05, 0) is 118 Å². The molecule has 3 aromatic rings. The van der Waals surface area contributed by atoms with E-state index in [0.29, 0.717) is 34.3 Å². The third-order valence-corrected chi connectivity index (χ3v) is 9.71. The molecule has 2 aliphatic heterocycles. The number of carbonyl (C=O) groups is 1. The van der Waals surface area contributed by atoms with Gasteiger partial charge in [0.15, 0.2) is 0 Å². The summed E-state index contributed by atoms with van der Waals surface area (Å²) in [5.74, 6) is 0.576. The van der Waals surface area contributed by atoms with E-state index in [1.807, 2.05) is 31.2 Å². The number of nitrogens with zero attached hydrogens (tertiary/aromatic N) is 2. The van der Waals surface area contributed by atoms with Gasteiger partial charge in [0.2, 0.25) is 5.91 Å². The standard InChI is InChI=1S/C36H44Cl2FN3O/c1-26-20-30(21-31-11-5-6-12-34(31)39)25-42(36(26)43)35-32(37)22-29(23-33(35)38)10-7-16-40-17-13-27-14-18-41(19-15-27)24-28-8-3-2-4-9-28/h2-6,8-9,11-12,22-23,26-27,30,40H,7,10,13-21,24-25H2,1H3/t26-,30-/m1/s1. The van der Waals surface area contributed by atoms with Gasteiger partial charge in [-0.1, -0.05) is 78.7 Å². The van der Waals surface area contributed by atoms with E-state index in [-0.39, 0.29) is 23.6 Å². The van der Waals surface area contributed by atoms with E-state index < -0.39 is 0 Å². The minimum Gasteiger partial charge on any atom is -0.317 e. The summed E-state index contributed by atoms with van der Waals surface area (Å²) in [6.45, 7) is 7.84. The third-order valence-electron chi connectivity index (χ3n) is 9.13. The molecule has 2 saturated heterocycles. The number of nitrogens with one attached hydrogen (secondary N) is 1. The minimum atomic E-state index is -0.201. The van der Waals surface area contributed by atoms with E-state index >= 15 is 0 Å². The summed E-state index contributed by atoms with van der Waals surface area (Å²) in [5, 5.41) is 4.63. The van der Waals surface area contributed by atoms with E-state index in [4.69, 9.17) is 23.2 Å². The van der Waals surface area contributed by atoms with Gasteiger partial charge in [0.1, 0.15) is 5.82 Å². The van der Waals surface area contributed by atoms with Crippen LogP contribution in [-0.4, -0.2) is 43.5 Å². The largest absolute Gasteiger partial charge is 0.317 e. The molecule has 0 radical (unpaired) electrons. The highest BCUT2D eigenvalue weighted by Crippen LogP contribution is 2.39. The Hall–Kier alpha value is -2.44. The molecule has 230 valence electrons. The molecule has 0 spiro atoms. The van der Waals surface area contributed by atoms with Crippen molar-refractivity contribution < 1.29 is 9.18 Å². The second kappa shape index (κ2) is 15.5. The third kappa shape index (κ3) is 8.82. The van der Waals surface area contributed by atoms with Crippen molar-refractivity contribution in [3.63, 3.8) is 0 Å². The van der Waals surface area contributed by atoms with Crippen LogP contribution in [0.5, 0.6) is 0 Å². The van der Waals surface area contributed by atoms with Crippen LogP contribution in [0.4, 0.5) is 10.1 Å². The first-order valence-electron chi connectivity index (χ1n) is 15.9. The molecule has 0 aliphatic carbocycles. The highest BCUT2D eigenvalue weighted by atomic mass is 35.5. The predicted octanol–water partition coefficient (Wildman–Crippen LogP) is 8.19. The van der Waals surface area contributed by atoms with Gasteiger partial charge in [-0.15, -0.1) is 0 Å². The summed E-state index contributed by atoms with van der Waals surface area (Å²) in [7, 11) is 0. The normalized spacial score (nSPS) is 20.1. The lowest BCUT2D eigenvalue weighted by Gasteiger charge is -2.37. The maximum atomic E-state index is 14.3. The first-order chi connectivity index (χ1) is 20.9. The second-order valence-corrected chi connectivity index (χ2v) is 13.3. The molecular weight excluding hydrogens is 580 g/mol. The van der Waals surface area contributed by atoms with Gasteiger partial charge in [-0.3, -0.25) is 9.69 Å². The number of benzene rings is 3. The van der Waals surface area contributed by atoms with Gasteiger partial charge >= 0.3 is 0 Å². The fraction of sp³-hybridized carbons (Fsp3) is 0.472. The number of anilines is 1. The molecule has 2 aliphatic rings. The number of likely N-dealkylation sites (tertiary alicyclic amines) is 1. The highest BCUT2D eigenvalue weighted by molar-refractivity contribution is 6.40. The fourth-order valence-electron chi connectivity index (χ4n) is 6.76. The van der Waals surface area contributed by atoms with Gasteiger partial charge in [0.05, 0.1) is 15.7 Å². The van der Waals surface area contributed by atoms with E-state index in [1.54, 1.807) is 11.0 Å². The lowest BCUT2D eigenvalue weighted by Crippen LogP contribution is -2.45. The lowest BCUT2D eigenvalue weighted by atomic mass is 9.85. The Morgan fingerprint density at radius 3 is 2.33 bits per heavy atom. The highest BCUT2D eigenvalue weighted by Gasteiger charge is 2.34. The molecule has 2 heterocycles. The first-order valence-corrected chi connectivity index (χ1v) is 16.6. The van der Waals surface area contributed by atoms with Crippen molar-refractivity contribution in [2.45, 2.75) is 58.4 Å². The number of hydrogen-bond donors (Lipinski definition) is 1. The average Bonchev–Trinajstić information content (AvgIpc) is 2.99. The number of rotatable bonds is 12. The van der Waals surface area contributed by atoms with Crippen LogP contribution in [-0.2, 0) is 24.2 Å². The molecule has 1 N–H and O–H groups in total. The van der Waals surface area contributed by atoms with Crippen molar-refractivity contribution in [1.82, 2.24) is 10.2 Å². The molecule has 0 unspecified atom stereocenters. The zero-order valence-electron chi connectivity index (χ0n) is 25.2. The van der Waals surface area contributed by atoms with Crippen molar-refractivity contribution >= 4 is 34.8 Å². The van der Waals surface area contributed by atoms with Gasteiger partial charge in [0.25, 0.3) is 0 Å². The Labute approximate surface area is 266 Å². The van der Waals surface area contributed by atoms with Crippen LogP contribution in [0.25, 0.3) is 0 Å². The molecule has 5 rings (SSSR count). The Balaban J connectivity index is 1.05. The van der Waals surface area contributed by atoms with E-state index in [9.17, 15) is 9.18 Å². The molecule has 2 atom stereocenters. The molecular formula is C36H44Cl2FN3O. The molecule has 0 bridgehead atoms. The molecule has 43 heavy (non-hydrogen) atoms. The zero-order chi connectivity index (χ0) is 30.2. The molecule has 0 saturated carbocycles. The van der Waals surface area contributed by atoms with Gasteiger partial charge in [0, 0.05) is 19.0 Å². The Morgan fingerprint density at radius 1 is 0.907 bits per heavy atom. The van der Waals surface area contributed by atoms with Crippen molar-refractivity contribution in [2.24, 2.45) is 17.8 Å². The maximum Gasteiger partial charge on any atom is 0.229 e. The average molecular weight is 625 g/mol. The summed E-state index contributed by atoms with van der Waals surface area (Å²) >= 11 is 13.5. The summed E-state index contributed by atoms with van der Waals surface area (Å²) < 4.78 is 14.3. The smallest absolute Gasteiger partial charge is 0.229 e. The van der Waals surface area contributed by atoms with Crippen LogP contribution in [0, 0.1) is 23.6 Å². The van der Waals surface area contributed by atoms with Crippen LogP contribution < -0.4 is 10.2 Å². The maximum absolute atomic E-state index is 14.3. The Bertz CT molecular complexity index is 1320. The molecule has 7 heteroatoms. The number of amides is 1. The first kappa shape index (κ1) is 32.0. The fourth-order valence-corrected chi connectivity index (χ4v) is 7.49. The molecule has 1 amide bonds. The van der Waals surface area contributed by atoms with Crippen molar-refractivity contribution in [2.75, 3.05) is 37.6 Å². The summed E-state index contributed by atoms with van der Waals surface area (Å²) in [5.41, 5.74) is 3.74. The Morgan fingerprint density at radius 2 is 1.60 bits per heavy atom. The topological polar surface area (TPSA) is 35.6 Å². The number of piperidine rings is 2. The van der Waals surface area contributed by atoms with Crippen molar-refractivity contribution in [3.05, 3.63) is 99.3 Å². The monoisotopic (exact) mass is 623 g/mol. The van der Waals surface area contributed by atoms with Crippen LogP contribution in [0.2, 0.25) is 10.0 Å². The Kier molecular flexibility index (Phi) is 11.5. The van der Waals surface area contributed by atoms with E-state index in [1.165, 1.54) is 44.0 Å². The molecule has 4 nitrogen and oxygen atoms in total. The van der Waals surface area contributed by atoms with Crippen LogP contribution in [0.1, 0.15) is 55.7 Å². The van der Waals surface area contributed by atoms with Gasteiger partial charge in [-0.25, -0.2) is 4.39 Å². The minimum absolute atomic E-state index is 0.0207. The van der Waals surface area contributed by atoms with Gasteiger partial charge in [-0.2, -0.15) is 0 Å². The lowest BCUT2D eigenvalue weighted by molar-refractivity contribution is -0.124. The zero-order valence-corrected chi connectivity index (χ0v) is 26.7. The predicted molar refractivity (Wildman–Crippen MR) is 176 cm³/mol. The number of carbonyl (C=O) groups excluding carboxylic acids is 1. The SMILES string of the molecule is C[C@@H]1C[C@H](Cc2ccccc2F)CN(c2c(Cl)cc(CCCNCCC3CCN(Cc4ccccc4)CC3)cc2Cl)C1=O. The van der Waals surface area contributed by atoms with Crippen LogP contribution >= 0.6 is 23.2 Å². The summed E-state index contributed by atoms with van der Waals surface area (Å²) in [6.07, 6.45) is 6.94. The molecule has 3 aromatic carbocycles. The number of hydrogen-bond acceptors (Lipinski definition) is 3. The molecule has 0 aromatic heterocycles.